The minimum atomic E-state index is -0.0527. The number of ketones is 2. The standard InChI is InChI=1S/C30H24O2/c1-19-9-13-21(14-10-19)17-23-5-3-7-25-27(23)29(31)26-8-4-6-24(28(26)30(25)32)18-22-15-11-20(2)12-16-22/h3-16H,17-18H2,1-2H3. The Morgan fingerprint density at radius 3 is 1.25 bits per heavy atom. The quantitative estimate of drug-likeness (QED) is 0.346. The summed E-state index contributed by atoms with van der Waals surface area (Å²) in [6.07, 6.45) is 1.25. The second-order valence-corrected chi connectivity index (χ2v) is 8.66. The molecule has 0 aromatic heterocycles. The zero-order valence-electron chi connectivity index (χ0n) is 18.3. The molecule has 0 bridgehead atoms. The minimum absolute atomic E-state index is 0.0527. The van der Waals surface area contributed by atoms with Crippen LogP contribution in [0.4, 0.5) is 0 Å². The number of aryl methyl sites for hydroxylation is 2. The lowest BCUT2D eigenvalue weighted by atomic mass is 9.78. The normalized spacial score (nSPS) is 12.4. The minimum Gasteiger partial charge on any atom is -0.289 e. The molecule has 0 saturated heterocycles. The van der Waals surface area contributed by atoms with E-state index >= 15 is 0 Å². The lowest BCUT2D eigenvalue weighted by molar-refractivity contribution is 0.0977. The highest BCUT2D eigenvalue weighted by Crippen LogP contribution is 2.33. The Morgan fingerprint density at radius 2 is 0.875 bits per heavy atom. The van der Waals surface area contributed by atoms with Crippen LogP contribution >= 0.6 is 0 Å². The van der Waals surface area contributed by atoms with E-state index < -0.39 is 0 Å². The molecule has 32 heavy (non-hydrogen) atoms. The Balaban J connectivity index is 1.56. The summed E-state index contributed by atoms with van der Waals surface area (Å²) in [6.45, 7) is 4.11. The monoisotopic (exact) mass is 416 g/mol. The van der Waals surface area contributed by atoms with Crippen LogP contribution in [0.25, 0.3) is 0 Å². The summed E-state index contributed by atoms with van der Waals surface area (Å²) in [5.74, 6) is -0.105. The van der Waals surface area contributed by atoms with Crippen molar-refractivity contribution in [3.8, 4) is 0 Å². The van der Waals surface area contributed by atoms with Gasteiger partial charge in [-0.3, -0.25) is 9.59 Å². The van der Waals surface area contributed by atoms with Crippen LogP contribution < -0.4 is 0 Å². The second-order valence-electron chi connectivity index (χ2n) is 8.66. The van der Waals surface area contributed by atoms with Gasteiger partial charge in [0.1, 0.15) is 0 Å². The summed E-state index contributed by atoms with van der Waals surface area (Å²) < 4.78 is 0. The number of carbonyl (C=O) groups excluding carboxylic acids is 2. The van der Waals surface area contributed by atoms with E-state index in [1.165, 1.54) is 11.1 Å². The summed E-state index contributed by atoms with van der Waals surface area (Å²) in [6, 6.07) is 27.9. The van der Waals surface area contributed by atoms with Crippen molar-refractivity contribution < 1.29 is 9.59 Å². The van der Waals surface area contributed by atoms with Crippen LogP contribution in [0.15, 0.2) is 84.9 Å². The molecule has 0 spiro atoms. The molecular formula is C30H24O2. The molecule has 0 aliphatic heterocycles. The smallest absolute Gasteiger partial charge is 0.194 e. The third kappa shape index (κ3) is 3.58. The van der Waals surface area contributed by atoms with Crippen molar-refractivity contribution in [2.24, 2.45) is 0 Å². The second kappa shape index (κ2) is 8.05. The molecule has 1 aliphatic rings. The molecule has 1 aliphatic carbocycles. The number of carbonyl (C=O) groups is 2. The van der Waals surface area contributed by atoms with Gasteiger partial charge in [0, 0.05) is 22.3 Å². The molecular weight excluding hydrogens is 392 g/mol. The zero-order chi connectivity index (χ0) is 22.2. The topological polar surface area (TPSA) is 34.1 Å². The highest BCUT2D eigenvalue weighted by Gasteiger charge is 2.33. The van der Waals surface area contributed by atoms with Gasteiger partial charge in [-0.2, -0.15) is 0 Å². The van der Waals surface area contributed by atoms with E-state index in [2.05, 4.69) is 62.4 Å². The van der Waals surface area contributed by atoms with Gasteiger partial charge in [0.15, 0.2) is 11.6 Å². The summed E-state index contributed by atoms with van der Waals surface area (Å²) in [4.78, 5) is 27.2. The fraction of sp³-hybridized carbons (Fsp3) is 0.133. The van der Waals surface area contributed by atoms with E-state index in [1.807, 2.05) is 24.3 Å². The van der Waals surface area contributed by atoms with Crippen molar-refractivity contribution in [1.82, 2.24) is 0 Å². The fourth-order valence-electron chi connectivity index (χ4n) is 4.53. The first-order valence-electron chi connectivity index (χ1n) is 11.0. The van der Waals surface area contributed by atoms with Gasteiger partial charge in [0.25, 0.3) is 0 Å². The van der Waals surface area contributed by atoms with Crippen LogP contribution in [0.5, 0.6) is 0 Å². The Hall–Kier alpha value is -3.78. The lowest BCUT2D eigenvalue weighted by Crippen LogP contribution is -2.24. The molecule has 0 saturated carbocycles. The van der Waals surface area contributed by atoms with E-state index in [0.717, 1.165) is 22.3 Å². The lowest BCUT2D eigenvalue weighted by Gasteiger charge is -2.22. The van der Waals surface area contributed by atoms with Crippen LogP contribution in [-0.4, -0.2) is 11.6 Å². The van der Waals surface area contributed by atoms with Gasteiger partial charge in [-0.25, -0.2) is 0 Å². The Labute approximate surface area is 188 Å². The molecule has 0 amide bonds. The molecule has 5 rings (SSSR count). The highest BCUT2D eigenvalue weighted by atomic mass is 16.1. The maximum Gasteiger partial charge on any atom is 0.194 e. The van der Waals surface area contributed by atoms with E-state index in [4.69, 9.17) is 0 Å². The first-order valence-corrected chi connectivity index (χ1v) is 11.0. The van der Waals surface area contributed by atoms with Crippen LogP contribution in [0.2, 0.25) is 0 Å². The van der Waals surface area contributed by atoms with Crippen LogP contribution in [0, 0.1) is 13.8 Å². The molecule has 4 aromatic carbocycles. The van der Waals surface area contributed by atoms with Crippen LogP contribution in [0.1, 0.15) is 65.2 Å². The van der Waals surface area contributed by atoms with Crippen molar-refractivity contribution in [1.29, 1.82) is 0 Å². The molecule has 2 heteroatoms. The van der Waals surface area contributed by atoms with Gasteiger partial charge < -0.3 is 0 Å². The molecule has 0 radical (unpaired) electrons. The van der Waals surface area contributed by atoms with Gasteiger partial charge in [-0.05, 0) is 48.9 Å². The molecule has 156 valence electrons. The maximum atomic E-state index is 13.6. The van der Waals surface area contributed by atoms with Crippen LogP contribution in [-0.2, 0) is 12.8 Å². The number of benzene rings is 4. The molecule has 2 nitrogen and oxygen atoms in total. The molecule has 4 aromatic rings. The Bertz CT molecular complexity index is 1240. The van der Waals surface area contributed by atoms with E-state index in [1.54, 1.807) is 12.1 Å². The highest BCUT2D eigenvalue weighted by molar-refractivity contribution is 6.29. The van der Waals surface area contributed by atoms with E-state index in [9.17, 15) is 9.59 Å². The third-order valence-electron chi connectivity index (χ3n) is 6.28. The first kappa shape index (κ1) is 20.1. The molecule has 0 atom stereocenters. The van der Waals surface area contributed by atoms with Gasteiger partial charge in [-0.1, -0.05) is 96.1 Å². The van der Waals surface area contributed by atoms with Crippen molar-refractivity contribution in [3.05, 3.63) is 141 Å². The van der Waals surface area contributed by atoms with Gasteiger partial charge in [0.05, 0.1) is 0 Å². The summed E-state index contributed by atoms with van der Waals surface area (Å²) >= 11 is 0. The van der Waals surface area contributed by atoms with Crippen LogP contribution in [0.3, 0.4) is 0 Å². The van der Waals surface area contributed by atoms with Gasteiger partial charge in [0.2, 0.25) is 0 Å². The first-order chi connectivity index (χ1) is 15.5. The van der Waals surface area contributed by atoms with E-state index in [0.29, 0.717) is 35.1 Å². The van der Waals surface area contributed by atoms with Crippen molar-refractivity contribution >= 4 is 11.6 Å². The van der Waals surface area contributed by atoms with Gasteiger partial charge in [-0.15, -0.1) is 0 Å². The zero-order valence-corrected chi connectivity index (χ0v) is 18.3. The Kier molecular flexibility index (Phi) is 5.07. The maximum absolute atomic E-state index is 13.6. The Morgan fingerprint density at radius 1 is 0.500 bits per heavy atom. The number of fused-ring (bicyclic) bond motifs is 2. The fourth-order valence-corrected chi connectivity index (χ4v) is 4.53. The number of hydrogen-bond acceptors (Lipinski definition) is 2. The predicted molar refractivity (Wildman–Crippen MR) is 128 cm³/mol. The SMILES string of the molecule is Cc1ccc(Cc2cccc3c2C(=O)c2cccc(Cc4ccc(C)cc4)c2C3=O)cc1. The number of rotatable bonds is 4. The third-order valence-corrected chi connectivity index (χ3v) is 6.28. The number of hydrogen-bond donors (Lipinski definition) is 0. The molecule has 0 N–H and O–H groups in total. The van der Waals surface area contributed by atoms with Crippen molar-refractivity contribution in [2.75, 3.05) is 0 Å². The van der Waals surface area contributed by atoms with Crippen molar-refractivity contribution in [3.63, 3.8) is 0 Å². The molecule has 0 heterocycles. The van der Waals surface area contributed by atoms with Crippen molar-refractivity contribution in [2.45, 2.75) is 26.7 Å². The summed E-state index contributed by atoms with van der Waals surface area (Å²) in [5, 5.41) is 0. The predicted octanol–water partition coefficient (Wildman–Crippen LogP) is 6.26. The molecule has 0 fully saturated rings. The summed E-state index contributed by atoms with van der Waals surface area (Å²) in [7, 11) is 0. The average Bonchev–Trinajstić information content (AvgIpc) is 2.80. The summed E-state index contributed by atoms with van der Waals surface area (Å²) in [5.41, 5.74) is 8.60. The molecule has 0 unspecified atom stereocenters. The average molecular weight is 417 g/mol. The van der Waals surface area contributed by atoms with Gasteiger partial charge >= 0.3 is 0 Å². The largest absolute Gasteiger partial charge is 0.289 e. The van der Waals surface area contributed by atoms with E-state index in [-0.39, 0.29) is 11.6 Å².